The van der Waals surface area contributed by atoms with Crippen molar-refractivity contribution in [3.63, 3.8) is 0 Å². The maximum atomic E-state index is 12.4. The molecule has 6 nitrogen and oxygen atoms in total. The van der Waals surface area contributed by atoms with Crippen molar-refractivity contribution in [3.8, 4) is 11.5 Å². The van der Waals surface area contributed by atoms with E-state index < -0.39 is 11.9 Å². The van der Waals surface area contributed by atoms with Gasteiger partial charge in [0.2, 0.25) is 0 Å². The molecule has 0 aliphatic carbocycles. The Hall–Kier alpha value is -3.06. The predicted molar refractivity (Wildman–Crippen MR) is 119 cm³/mol. The molecular weight excluding hydrogens is 448 g/mol. The number of imide groups is 1. The molecule has 0 radical (unpaired) electrons. The van der Waals surface area contributed by atoms with Crippen LogP contribution in [-0.4, -0.2) is 30.0 Å². The first-order valence-corrected chi connectivity index (χ1v) is 10.3. The highest BCUT2D eigenvalue weighted by Gasteiger charge is 2.32. The van der Waals surface area contributed by atoms with Crippen molar-refractivity contribution in [2.24, 2.45) is 0 Å². The Labute approximate surface area is 184 Å². The Kier molecular flexibility index (Phi) is 6.95. The maximum absolute atomic E-state index is 12.4. The minimum Gasteiger partial charge on any atom is -0.490 e. The third kappa shape index (κ3) is 4.91. The molecule has 1 N–H and O–H groups in total. The first kappa shape index (κ1) is 21.6. The van der Waals surface area contributed by atoms with Crippen molar-refractivity contribution in [2.75, 3.05) is 13.2 Å². The molecule has 3 amide bonds. The molecule has 0 spiro atoms. The molecule has 0 saturated carbocycles. The number of nitrogens with one attached hydrogen (secondary N) is 1. The van der Waals surface area contributed by atoms with E-state index in [2.05, 4.69) is 27.8 Å². The predicted octanol–water partition coefficient (Wildman–Crippen LogP) is 4.81. The highest BCUT2D eigenvalue weighted by molar-refractivity contribution is 9.10. The lowest BCUT2D eigenvalue weighted by Gasteiger charge is -2.14. The van der Waals surface area contributed by atoms with Crippen molar-refractivity contribution in [1.29, 1.82) is 0 Å². The summed E-state index contributed by atoms with van der Waals surface area (Å²) in [5.41, 5.74) is 3.12. The van der Waals surface area contributed by atoms with Crippen LogP contribution in [0.1, 0.15) is 23.6 Å². The van der Waals surface area contributed by atoms with Gasteiger partial charge in [-0.3, -0.25) is 9.69 Å². The molecule has 30 heavy (non-hydrogen) atoms. The standard InChI is InChI=1S/C23H23BrN2O4/c1-4-10-26-22(27)19(25-23(26)28)11-17-12-20(29-5-2)21(13-18(17)24)30-14-16-8-6-15(3)7-9-16/h4,6-9,11-13H,1,5,10,14H2,2-3H3,(H,25,28)/b19-11+. The number of rotatable bonds is 8. The van der Waals surface area contributed by atoms with Gasteiger partial charge in [0, 0.05) is 11.0 Å². The molecule has 0 unspecified atom stereocenters. The molecule has 2 aromatic rings. The number of carbonyl (C=O) groups is 2. The molecule has 0 aromatic heterocycles. The first-order valence-electron chi connectivity index (χ1n) is 9.53. The molecule has 0 bridgehead atoms. The zero-order valence-corrected chi connectivity index (χ0v) is 18.5. The third-order valence-corrected chi connectivity index (χ3v) is 5.14. The van der Waals surface area contributed by atoms with Crippen LogP contribution in [0.3, 0.4) is 0 Å². The monoisotopic (exact) mass is 470 g/mol. The molecule has 2 aromatic carbocycles. The lowest BCUT2D eigenvalue weighted by molar-refractivity contribution is -0.122. The normalized spacial score (nSPS) is 14.8. The Balaban J connectivity index is 1.85. The summed E-state index contributed by atoms with van der Waals surface area (Å²) in [5.74, 6) is 0.741. The molecule has 1 aliphatic heterocycles. The maximum Gasteiger partial charge on any atom is 0.329 e. The minimum atomic E-state index is -0.467. The summed E-state index contributed by atoms with van der Waals surface area (Å²) in [6, 6.07) is 11.2. The zero-order chi connectivity index (χ0) is 21.7. The van der Waals surface area contributed by atoms with Gasteiger partial charge in [0.1, 0.15) is 12.3 Å². The van der Waals surface area contributed by atoms with E-state index in [1.165, 1.54) is 11.6 Å². The summed E-state index contributed by atoms with van der Waals surface area (Å²) in [6.07, 6.45) is 3.11. The van der Waals surface area contributed by atoms with E-state index >= 15 is 0 Å². The number of halogens is 1. The van der Waals surface area contributed by atoms with E-state index in [9.17, 15) is 9.59 Å². The number of amides is 3. The molecule has 1 fully saturated rings. The van der Waals surface area contributed by atoms with Crippen LogP contribution < -0.4 is 14.8 Å². The van der Waals surface area contributed by atoms with Gasteiger partial charge in [-0.2, -0.15) is 0 Å². The molecule has 3 rings (SSSR count). The molecule has 7 heteroatoms. The van der Waals surface area contributed by atoms with Gasteiger partial charge in [-0.15, -0.1) is 6.58 Å². The Morgan fingerprint density at radius 1 is 1.13 bits per heavy atom. The molecule has 1 heterocycles. The van der Waals surface area contributed by atoms with Crippen LogP contribution in [0.15, 0.2) is 59.2 Å². The van der Waals surface area contributed by atoms with Crippen LogP contribution in [0.25, 0.3) is 6.08 Å². The SMILES string of the molecule is C=CCN1C(=O)N/C(=C/c2cc(OCC)c(OCc3ccc(C)cc3)cc2Br)C1=O. The fourth-order valence-corrected chi connectivity index (χ4v) is 3.35. The van der Waals surface area contributed by atoms with Crippen molar-refractivity contribution >= 4 is 33.9 Å². The van der Waals surface area contributed by atoms with E-state index in [-0.39, 0.29) is 12.2 Å². The van der Waals surface area contributed by atoms with Crippen LogP contribution in [0.2, 0.25) is 0 Å². The van der Waals surface area contributed by atoms with Crippen LogP contribution in [-0.2, 0) is 11.4 Å². The van der Waals surface area contributed by atoms with Crippen molar-refractivity contribution < 1.29 is 19.1 Å². The second kappa shape index (κ2) is 9.63. The molecular formula is C23H23BrN2O4. The second-order valence-electron chi connectivity index (χ2n) is 6.72. The average Bonchev–Trinajstić information content (AvgIpc) is 2.98. The lowest BCUT2D eigenvalue weighted by Crippen LogP contribution is -2.30. The van der Waals surface area contributed by atoms with Gasteiger partial charge in [-0.25, -0.2) is 4.79 Å². The first-order chi connectivity index (χ1) is 14.4. The number of hydrogen-bond donors (Lipinski definition) is 1. The van der Waals surface area contributed by atoms with E-state index in [1.54, 1.807) is 18.2 Å². The summed E-state index contributed by atoms with van der Waals surface area (Å²) in [5, 5.41) is 2.59. The number of benzene rings is 2. The molecule has 1 aliphatic rings. The highest BCUT2D eigenvalue weighted by Crippen LogP contribution is 2.35. The molecule has 0 atom stereocenters. The summed E-state index contributed by atoms with van der Waals surface area (Å²) < 4.78 is 12.4. The van der Waals surface area contributed by atoms with Gasteiger partial charge in [0.15, 0.2) is 11.5 Å². The third-order valence-electron chi connectivity index (χ3n) is 4.45. The Morgan fingerprint density at radius 2 is 1.83 bits per heavy atom. The number of urea groups is 1. The minimum absolute atomic E-state index is 0.152. The smallest absolute Gasteiger partial charge is 0.329 e. The average molecular weight is 471 g/mol. The van der Waals surface area contributed by atoms with Gasteiger partial charge in [0.05, 0.1) is 6.61 Å². The lowest BCUT2D eigenvalue weighted by atomic mass is 10.1. The largest absolute Gasteiger partial charge is 0.490 e. The zero-order valence-electron chi connectivity index (χ0n) is 16.9. The quantitative estimate of drug-likeness (QED) is 0.341. The summed E-state index contributed by atoms with van der Waals surface area (Å²) in [7, 11) is 0. The van der Waals surface area contributed by atoms with Crippen LogP contribution >= 0.6 is 15.9 Å². The summed E-state index contributed by atoms with van der Waals surface area (Å²) in [6.45, 7) is 8.51. The second-order valence-corrected chi connectivity index (χ2v) is 7.57. The summed E-state index contributed by atoms with van der Waals surface area (Å²) in [4.78, 5) is 25.5. The number of ether oxygens (including phenoxy) is 2. The highest BCUT2D eigenvalue weighted by atomic mass is 79.9. The number of aryl methyl sites for hydroxylation is 1. The number of hydrogen-bond acceptors (Lipinski definition) is 4. The van der Waals surface area contributed by atoms with Gasteiger partial charge < -0.3 is 14.8 Å². The number of nitrogens with zero attached hydrogens (tertiary/aromatic N) is 1. The van der Waals surface area contributed by atoms with Crippen molar-refractivity contribution in [3.05, 3.63) is 75.9 Å². The van der Waals surface area contributed by atoms with Crippen LogP contribution in [0.4, 0.5) is 4.79 Å². The topological polar surface area (TPSA) is 67.9 Å². The van der Waals surface area contributed by atoms with Gasteiger partial charge in [-0.05, 0) is 43.2 Å². The van der Waals surface area contributed by atoms with Crippen molar-refractivity contribution in [1.82, 2.24) is 10.2 Å². The van der Waals surface area contributed by atoms with E-state index in [4.69, 9.17) is 9.47 Å². The van der Waals surface area contributed by atoms with Gasteiger partial charge >= 0.3 is 6.03 Å². The van der Waals surface area contributed by atoms with Gasteiger partial charge in [0.25, 0.3) is 5.91 Å². The van der Waals surface area contributed by atoms with Crippen LogP contribution in [0, 0.1) is 6.92 Å². The van der Waals surface area contributed by atoms with Crippen molar-refractivity contribution in [2.45, 2.75) is 20.5 Å². The van der Waals surface area contributed by atoms with Gasteiger partial charge in [-0.1, -0.05) is 51.8 Å². The van der Waals surface area contributed by atoms with E-state index in [0.717, 1.165) is 10.5 Å². The summed E-state index contributed by atoms with van der Waals surface area (Å²) >= 11 is 3.52. The molecule has 156 valence electrons. The molecule has 1 saturated heterocycles. The fourth-order valence-electron chi connectivity index (χ4n) is 2.91. The van der Waals surface area contributed by atoms with Crippen LogP contribution in [0.5, 0.6) is 11.5 Å². The fraction of sp³-hybridized carbons (Fsp3) is 0.217. The van der Waals surface area contributed by atoms with E-state index in [0.29, 0.717) is 34.7 Å². The Morgan fingerprint density at radius 3 is 2.50 bits per heavy atom. The Bertz CT molecular complexity index is 999. The van der Waals surface area contributed by atoms with E-state index in [1.807, 2.05) is 38.1 Å². The number of carbonyl (C=O) groups excluding carboxylic acids is 2.